The first-order valence-electron chi connectivity index (χ1n) is 7.56. The minimum atomic E-state index is 0.340. The highest BCUT2D eigenvalue weighted by Crippen LogP contribution is 2.26. The van der Waals surface area contributed by atoms with Crippen LogP contribution >= 0.6 is 12.2 Å². The Bertz CT molecular complexity index is 650. The van der Waals surface area contributed by atoms with E-state index in [1.807, 2.05) is 30.3 Å². The number of fused-ring (bicyclic) bond motifs is 1. The van der Waals surface area contributed by atoms with Crippen LogP contribution in [-0.2, 0) is 0 Å². The third-order valence-corrected chi connectivity index (χ3v) is 4.35. The Kier molecular flexibility index (Phi) is 4.34. The maximum absolute atomic E-state index is 5.97. The normalized spacial score (nSPS) is 16.0. The van der Waals surface area contributed by atoms with Gasteiger partial charge in [0.2, 0.25) is 5.88 Å². The molecule has 1 heterocycles. The zero-order valence-corrected chi connectivity index (χ0v) is 12.9. The highest BCUT2D eigenvalue weighted by molar-refractivity contribution is 7.80. The van der Waals surface area contributed by atoms with Crippen LogP contribution in [0.4, 0.5) is 0 Å². The van der Waals surface area contributed by atoms with Crippen LogP contribution in [0.2, 0.25) is 0 Å². The maximum atomic E-state index is 5.97. The van der Waals surface area contributed by atoms with E-state index in [-0.39, 0.29) is 0 Å². The Morgan fingerprint density at radius 1 is 1.24 bits per heavy atom. The molecular formula is C17H20N2OS. The maximum Gasteiger partial charge on any atom is 0.224 e. The van der Waals surface area contributed by atoms with Crippen molar-refractivity contribution in [2.45, 2.75) is 32.1 Å². The van der Waals surface area contributed by atoms with E-state index in [0.717, 1.165) is 16.5 Å². The van der Waals surface area contributed by atoms with E-state index in [2.05, 4.69) is 4.98 Å². The Labute approximate surface area is 130 Å². The molecule has 0 spiro atoms. The zero-order chi connectivity index (χ0) is 14.7. The number of nitrogens with zero attached hydrogens (tertiary/aromatic N) is 1. The van der Waals surface area contributed by atoms with E-state index in [4.69, 9.17) is 22.7 Å². The summed E-state index contributed by atoms with van der Waals surface area (Å²) in [6, 6.07) is 9.92. The lowest BCUT2D eigenvalue weighted by molar-refractivity contribution is 0.203. The molecule has 0 radical (unpaired) electrons. The molecule has 1 aliphatic carbocycles. The summed E-state index contributed by atoms with van der Waals surface area (Å²) in [5, 5.41) is 1.03. The van der Waals surface area contributed by atoms with E-state index in [1.54, 1.807) is 0 Å². The third kappa shape index (κ3) is 3.32. The first kappa shape index (κ1) is 14.3. The summed E-state index contributed by atoms with van der Waals surface area (Å²) in [5.74, 6) is 1.21. The molecule has 1 fully saturated rings. The van der Waals surface area contributed by atoms with Gasteiger partial charge in [-0.2, -0.15) is 0 Å². The van der Waals surface area contributed by atoms with Gasteiger partial charge in [0, 0.05) is 5.39 Å². The van der Waals surface area contributed by atoms with Crippen molar-refractivity contribution in [3.8, 4) is 5.88 Å². The van der Waals surface area contributed by atoms with Crippen LogP contribution < -0.4 is 10.5 Å². The van der Waals surface area contributed by atoms with Gasteiger partial charge in [-0.15, -0.1) is 0 Å². The standard InChI is InChI=1S/C17H20N2OS/c18-16(21)14-10-13-8-4-5-9-15(13)19-17(14)20-11-12-6-2-1-3-7-12/h4-5,8-10,12H,1-3,6-7,11H2,(H2,18,21). The molecule has 2 N–H and O–H groups in total. The summed E-state index contributed by atoms with van der Waals surface area (Å²) in [6.07, 6.45) is 6.46. The number of ether oxygens (including phenoxy) is 1. The zero-order valence-electron chi connectivity index (χ0n) is 12.0. The second kappa shape index (κ2) is 6.39. The van der Waals surface area contributed by atoms with Crippen LogP contribution in [0.15, 0.2) is 30.3 Å². The van der Waals surface area contributed by atoms with E-state index in [9.17, 15) is 0 Å². The number of aromatic nitrogens is 1. The minimum Gasteiger partial charge on any atom is -0.477 e. The summed E-state index contributed by atoms with van der Waals surface area (Å²) >= 11 is 5.14. The Morgan fingerprint density at radius 2 is 2.00 bits per heavy atom. The molecule has 1 saturated carbocycles. The van der Waals surface area contributed by atoms with Gasteiger partial charge in [-0.25, -0.2) is 4.98 Å². The average molecular weight is 300 g/mol. The first-order valence-corrected chi connectivity index (χ1v) is 7.97. The number of hydrogen-bond acceptors (Lipinski definition) is 3. The molecule has 0 bridgehead atoms. The van der Waals surface area contributed by atoms with Gasteiger partial charge in [0.15, 0.2) is 0 Å². The van der Waals surface area contributed by atoms with Crippen LogP contribution in [0, 0.1) is 5.92 Å². The van der Waals surface area contributed by atoms with Crippen LogP contribution in [0.1, 0.15) is 37.7 Å². The number of pyridine rings is 1. The summed E-state index contributed by atoms with van der Waals surface area (Å²) in [5.41, 5.74) is 7.47. The molecule has 0 unspecified atom stereocenters. The molecule has 21 heavy (non-hydrogen) atoms. The lowest BCUT2D eigenvalue weighted by Gasteiger charge is -2.22. The van der Waals surface area contributed by atoms with Crippen molar-refractivity contribution < 1.29 is 4.74 Å². The van der Waals surface area contributed by atoms with Crippen LogP contribution in [-0.4, -0.2) is 16.6 Å². The Balaban J connectivity index is 1.84. The molecule has 0 aliphatic heterocycles. The summed E-state index contributed by atoms with van der Waals surface area (Å²) in [7, 11) is 0. The second-order valence-electron chi connectivity index (χ2n) is 5.71. The molecule has 1 aromatic heterocycles. The van der Waals surface area contributed by atoms with Gasteiger partial charge in [-0.05, 0) is 30.9 Å². The number of nitrogens with two attached hydrogens (primary N) is 1. The van der Waals surface area contributed by atoms with Crippen molar-refractivity contribution in [2.75, 3.05) is 6.61 Å². The molecule has 1 aromatic carbocycles. The predicted molar refractivity (Wildman–Crippen MR) is 89.7 cm³/mol. The highest BCUT2D eigenvalue weighted by atomic mass is 32.1. The van der Waals surface area contributed by atoms with E-state index in [0.29, 0.717) is 23.4 Å². The Hall–Kier alpha value is -1.68. The largest absolute Gasteiger partial charge is 0.477 e. The van der Waals surface area contributed by atoms with Crippen molar-refractivity contribution in [2.24, 2.45) is 11.7 Å². The molecule has 0 saturated heterocycles. The minimum absolute atomic E-state index is 0.340. The van der Waals surface area contributed by atoms with Crippen LogP contribution in [0.5, 0.6) is 5.88 Å². The van der Waals surface area contributed by atoms with Crippen LogP contribution in [0.25, 0.3) is 10.9 Å². The van der Waals surface area contributed by atoms with Crippen molar-refractivity contribution in [3.05, 3.63) is 35.9 Å². The molecule has 0 amide bonds. The van der Waals surface area contributed by atoms with Crippen molar-refractivity contribution in [1.82, 2.24) is 4.98 Å². The number of rotatable bonds is 4. The van der Waals surface area contributed by atoms with E-state index >= 15 is 0 Å². The number of benzene rings is 1. The monoisotopic (exact) mass is 300 g/mol. The summed E-state index contributed by atoms with van der Waals surface area (Å²) in [6.45, 7) is 0.709. The molecule has 3 rings (SSSR count). The van der Waals surface area contributed by atoms with Gasteiger partial charge in [-0.1, -0.05) is 49.7 Å². The molecule has 4 heteroatoms. The molecule has 1 aliphatic rings. The lowest BCUT2D eigenvalue weighted by atomic mass is 9.90. The fraction of sp³-hybridized carbons (Fsp3) is 0.412. The van der Waals surface area contributed by atoms with Crippen molar-refractivity contribution >= 4 is 28.1 Å². The fourth-order valence-electron chi connectivity index (χ4n) is 2.94. The molecule has 110 valence electrons. The number of hydrogen-bond donors (Lipinski definition) is 1. The van der Waals surface area contributed by atoms with Gasteiger partial charge in [-0.3, -0.25) is 0 Å². The number of thiocarbonyl (C=S) groups is 1. The summed E-state index contributed by atoms with van der Waals surface area (Å²) < 4.78 is 5.97. The molecule has 2 aromatic rings. The quantitative estimate of drug-likeness (QED) is 0.872. The smallest absolute Gasteiger partial charge is 0.224 e. The second-order valence-corrected chi connectivity index (χ2v) is 6.15. The van der Waals surface area contributed by atoms with Crippen LogP contribution in [0.3, 0.4) is 0 Å². The third-order valence-electron chi connectivity index (χ3n) is 4.13. The van der Waals surface area contributed by atoms with E-state index < -0.39 is 0 Å². The van der Waals surface area contributed by atoms with E-state index in [1.165, 1.54) is 32.1 Å². The molecular weight excluding hydrogens is 280 g/mol. The molecule has 0 atom stereocenters. The fourth-order valence-corrected chi connectivity index (χ4v) is 3.08. The van der Waals surface area contributed by atoms with Gasteiger partial charge >= 0.3 is 0 Å². The number of para-hydroxylation sites is 1. The highest BCUT2D eigenvalue weighted by Gasteiger charge is 2.16. The van der Waals surface area contributed by atoms with Crippen molar-refractivity contribution in [1.29, 1.82) is 0 Å². The van der Waals surface area contributed by atoms with Gasteiger partial charge < -0.3 is 10.5 Å². The Morgan fingerprint density at radius 3 is 2.76 bits per heavy atom. The van der Waals surface area contributed by atoms with Gasteiger partial charge in [0.1, 0.15) is 4.99 Å². The first-order chi connectivity index (χ1) is 10.2. The topological polar surface area (TPSA) is 48.1 Å². The average Bonchev–Trinajstić information content (AvgIpc) is 2.53. The molecule has 3 nitrogen and oxygen atoms in total. The van der Waals surface area contributed by atoms with Gasteiger partial charge in [0.05, 0.1) is 17.7 Å². The predicted octanol–water partition coefficient (Wildman–Crippen LogP) is 3.83. The van der Waals surface area contributed by atoms with Crippen molar-refractivity contribution in [3.63, 3.8) is 0 Å². The lowest BCUT2D eigenvalue weighted by Crippen LogP contribution is -2.18. The van der Waals surface area contributed by atoms with Gasteiger partial charge in [0.25, 0.3) is 0 Å². The SMILES string of the molecule is NC(=S)c1cc2ccccc2nc1OCC1CCCCC1. The summed E-state index contributed by atoms with van der Waals surface area (Å²) in [4.78, 5) is 4.93.